The molecule has 0 radical (unpaired) electrons. The number of carbonyl (C=O) groups is 1. The molecule has 20 heavy (non-hydrogen) atoms. The number of hydrogen-bond donors (Lipinski definition) is 1. The molecule has 0 aliphatic heterocycles. The highest BCUT2D eigenvalue weighted by Gasteiger charge is 2.11. The molecule has 6 nitrogen and oxygen atoms in total. The van der Waals surface area contributed by atoms with Crippen LogP contribution in [0.15, 0.2) is 54.6 Å². The number of para-hydroxylation sites is 1. The molecule has 0 fully saturated rings. The monoisotopic (exact) mass is 274 g/mol. The van der Waals surface area contributed by atoms with Crippen molar-refractivity contribution in [1.29, 1.82) is 0 Å². The van der Waals surface area contributed by atoms with Gasteiger partial charge in [0, 0.05) is 11.6 Å². The van der Waals surface area contributed by atoms with E-state index in [9.17, 15) is 20.0 Å². The number of carboxylic acids is 1. The van der Waals surface area contributed by atoms with Gasteiger partial charge in [0.1, 0.15) is 0 Å². The smallest absolute Gasteiger partial charge is 0.278 e. The zero-order valence-corrected chi connectivity index (χ0v) is 10.7. The second-order valence-electron chi connectivity index (χ2n) is 3.80. The minimum Gasteiger partial charge on any atom is -0.545 e. The largest absolute Gasteiger partial charge is 0.545 e. The van der Waals surface area contributed by atoms with Gasteiger partial charge in [0.15, 0.2) is 0 Å². The van der Waals surface area contributed by atoms with Gasteiger partial charge in [-0.05, 0) is 6.07 Å². The normalized spacial score (nSPS) is 9.25. The summed E-state index contributed by atoms with van der Waals surface area (Å²) in [6, 6.07) is 15.3. The summed E-state index contributed by atoms with van der Waals surface area (Å²) < 4.78 is 0. The lowest BCUT2D eigenvalue weighted by molar-refractivity contribution is -0.386. The van der Waals surface area contributed by atoms with Crippen LogP contribution in [0.1, 0.15) is 15.9 Å². The van der Waals surface area contributed by atoms with Crippen LogP contribution >= 0.6 is 0 Å². The van der Waals surface area contributed by atoms with Crippen molar-refractivity contribution >= 4 is 11.7 Å². The van der Waals surface area contributed by atoms with E-state index >= 15 is 0 Å². The summed E-state index contributed by atoms with van der Waals surface area (Å²) in [6.45, 7) is 0.890. The predicted octanol–water partition coefficient (Wildman–Crippen LogP) is 0.387. The number of rotatable bonds is 3. The Bertz CT molecular complexity index is 552. The predicted molar refractivity (Wildman–Crippen MR) is 70.5 cm³/mol. The summed E-state index contributed by atoms with van der Waals surface area (Å²) >= 11 is 0. The molecular weight excluding hydrogens is 260 g/mol. The lowest BCUT2D eigenvalue weighted by Crippen LogP contribution is -2.47. The highest BCUT2D eigenvalue weighted by Crippen LogP contribution is 2.15. The zero-order valence-electron chi connectivity index (χ0n) is 10.7. The third kappa shape index (κ3) is 4.51. The van der Waals surface area contributed by atoms with E-state index in [-0.39, 0.29) is 0 Å². The van der Waals surface area contributed by atoms with Crippen molar-refractivity contribution in [3.05, 3.63) is 75.8 Å². The summed E-state index contributed by atoms with van der Waals surface area (Å²) in [5.41, 5.74) is 4.21. The minimum absolute atomic E-state index is 0.400. The number of aromatic carboxylic acids is 1. The Hall–Kier alpha value is -2.73. The highest BCUT2D eigenvalue weighted by molar-refractivity contribution is 5.90. The van der Waals surface area contributed by atoms with Crippen LogP contribution in [-0.4, -0.2) is 10.9 Å². The van der Waals surface area contributed by atoms with Gasteiger partial charge >= 0.3 is 0 Å². The molecule has 0 aliphatic carbocycles. The third-order valence-corrected chi connectivity index (χ3v) is 2.45. The van der Waals surface area contributed by atoms with E-state index in [2.05, 4.69) is 17.9 Å². The maximum absolute atomic E-state index is 10.3. The molecule has 0 unspecified atom stereocenters. The maximum Gasteiger partial charge on any atom is 0.278 e. The van der Waals surface area contributed by atoms with E-state index in [0.717, 1.165) is 18.7 Å². The SMILES string of the molecule is O=C([O-])c1ccccc1[N+](=O)[O-].[NH3+]Cc1ccccc1. The second-order valence-corrected chi connectivity index (χ2v) is 3.80. The topological polar surface area (TPSA) is 111 Å². The summed E-state index contributed by atoms with van der Waals surface area (Å²) in [4.78, 5) is 19.8. The molecule has 2 aromatic carbocycles. The molecule has 104 valence electrons. The van der Waals surface area contributed by atoms with Gasteiger partial charge in [0.25, 0.3) is 5.69 Å². The molecule has 2 rings (SSSR count). The van der Waals surface area contributed by atoms with Crippen molar-refractivity contribution in [3.63, 3.8) is 0 Å². The Morgan fingerprint density at radius 1 is 1.05 bits per heavy atom. The van der Waals surface area contributed by atoms with Gasteiger partial charge in [-0.25, -0.2) is 0 Å². The first-order valence-corrected chi connectivity index (χ1v) is 5.84. The number of carboxylic acid groups (broad SMARTS) is 1. The molecule has 0 saturated heterocycles. The average Bonchev–Trinajstić information content (AvgIpc) is 2.48. The van der Waals surface area contributed by atoms with Crippen LogP contribution in [-0.2, 0) is 6.54 Å². The third-order valence-electron chi connectivity index (χ3n) is 2.45. The van der Waals surface area contributed by atoms with Crippen LogP contribution in [0.4, 0.5) is 5.69 Å². The number of hydrogen-bond acceptors (Lipinski definition) is 4. The number of nitro groups is 1. The van der Waals surface area contributed by atoms with Crippen LogP contribution in [0.2, 0.25) is 0 Å². The van der Waals surface area contributed by atoms with E-state index in [4.69, 9.17) is 0 Å². The first-order valence-electron chi connectivity index (χ1n) is 5.84. The summed E-state index contributed by atoms with van der Waals surface area (Å²) in [5.74, 6) is -1.54. The Labute approximate surface area is 115 Å². The van der Waals surface area contributed by atoms with E-state index in [1.54, 1.807) is 0 Å². The fraction of sp³-hybridized carbons (Fsp3) is 0.0714. The molecule has 0 saturated carbocycles. The highest BCUT2D eigenvalue weighted by atomic mass is 16.6. The fourth-order valence-corrected chi connectivity index (χ4v) is 1.45. The van der Waals surface area contributed by atoms with Gasteiger partial charge in [-0.3, -0.25) is 10.1 Å². The van der Waals surface area contributed by atoms with Gasteiger partial charge in [0.2, 0.25) is 0 Å². The Balaban J connectivity index is 0.000000217. The summed E-state index contributed by atoms with van der Waals surface area (Å²) in [6.07, 6.45) is 0. The fourth-order valence-electron chi connectivity index (χ4n) is 1.45. The van der Waals surface area contributed by atoms with Gasteiger partial charge in [-0.2, -0.15) is 0 Å². The van der Waals surface area contributed by atoms with Crippen molar-refractivity contribution in [3.8, 4) is 0 Å². The minimum atomic E-state index is -1.54. The Morgan fingerprint density at radius 3 is 2.00 bits per heavy atom. The van der Waals surface area contributed by atoms with Crippen LogP contribution < -0.4 is 10.8 Å². The van der Waals surface area contributed by atoms with Gasteiger partial charge in [-0.1, -0.05) is 42.5 Å². The van der Waals surface area contributed by atoms with E-state index < -0.39 is 22.1 Å². The Kier molecular flexibility index (Phi) is 5.86. The molecule has 0 spiro atoms. The van der Waals surface area contributed by atoms with E-state index in [1.165, 1.54) is 17.7 Å². The molecule has 0 atom stereocenters. The first kappa shape index (κ1) is 15.3. The second kappa shape index (κ2) is 7.65. The van der Waals surface area contributed by atoms with Crippen molar-refractivity contribution in [2.24, 2.45) is 0 Å². The lowest BCUT2D eigenvalue weighted by Gasteiger charge is -2.01. The number of quaternary nitrogens is 1. The van der Waals surface area contributed by atoms with Crippen LogP contribution in [0.25, 0.3) is 0 Å². The van der Waals surface area contributed by atoms with Crippen molar-refractivity contribution in [2.45, 2.75) is 6.54 Å². The molecule has 6 heteroatoms. The number of nitro benzene ring substituents is 1. The van der Waals surface area contributed by atoms with Crippen LogP contribution in [0, 0.1) is 10.1 Å². The van der Waals surface area contributed by atoms with Crippen molar-refractivity contribution in [1.82, 2.24) is 0 Å². The summed E-state index contributed by atoms with van der Waals surface area (Å²) in [5, 5.41) is 20.6. The molecule has 0 aromatic heterocycles. The van der Waals surface area contributed by atoms with E-state index in [1.807, 2.05) is 18.2 Å². The number of nitrogens with zero attached hydrogens (tertiary/aromatic N) is 1. The molecule has 0 amide bonds. The average molecular weight is 274 g/mol. The molecule has 0 heterocycles. The standard InChI is InChI=1S/C7H5NO4.C7H9N/c9-7(10)5-3-1-2-4-6(5)8(11)12;8-6-7-4-2-1-3-5-7/h1-4H,(H,9,10);1-5H,6,8H2. The molecule has 2 aromatic rings. The number of carbonyl (C=O) groups excluding carboxylic acids is 1. The van der Waals surface area contributed by atoms with E-state index in [0.29, 0.717) is 0 Å². The summed E-state index contributed by atoms with van der Waals surface area (Å²) in [7, 11) is 0. The number of benzene rings is 2. The van der Waals surface area contributed by atoms with Gasteiger partial charge < -0.3 is 15.6 Å². The Morgan fingerprint density at radius 2 is 1.60 bits per heavy atom. The quantitative estimate of drug-likeness (QED) is 0.644. The van der Waals surface area contributed by atoms with Crippen LogP contribution in [0.3, 0.4) is 0 Å². The van der Waals surface area contributed by atoms with Gasteiger partial charge in [-0.15, -0.1) is 0 Å². The van der Waals surface area contributed by atoms with Crippen molar-refractivity contribution in [2.75, 3.05) is 0 Å². The zero-order chi connectivity index (χ0) is 15.0. The molecular formula is C14H14N2O4. The lowest BCUT2D eigenvalue weighted by atomic mass is 10.2. The maximum atomic E-state index is 10.3. The molecule has 3 N–H and O–H groups in total. The molecule has 0 aliphatic rings. The molecule has 0 bridgehead atoms. The van der Waals surface area contributed by atoms with Crippen molar-refractivity contribution < 1.29 is 20.6 Å². The van der Waals surface area contributed by atoms with Crippen LogP contribution in [0.5, 0.6) is 0 Å². The first-order chi connectivity index (χ1) is 9.56. The van der Waals surface area contributed by atoms with Gasteiger partial charge in [0.05, 0.1) is 23.0 Å².